The first-order valence-corrected chi connectivity index (χ1v) is 7.52. The predicted octanol–water partition coefficient (Wildman–Crippen LogP) is 2.76. The molecule has 6 heteroatoms. The molecule has 2 aliphatic heterocycles. The minimum absolute atomic E-state index is 0.0846. The summed E-state index contributed by atoms with van der Waals surface area (Å²) in [6, 6.07) is 10.7. The Balaban J connectivity index is 1.53. The van der Waals surface area contributed by atoms with Gasteiger partial charge in [0.15, 0.2) is 34.9 Å². The van der Waals surface area contributed by atoms with Crippen molar-refractivity contribution in [3.8, 4) is 23.0 Å². The van der Waals surface area contributed by atoms with Crippen LogP contribution in [0, 0.1) is 0 Å². The largest absolute Gasteiger partial charge is 0.493 e. The van der Waals surface area contributed by atoms with E-state index in [0.717, 1.165) is 5.56 Å². The summed E-state index contributed by atoms with van der Waals surface area (Å²) in [4.78, 5) is 12.6. The lowest BCUT2D eigenvalue weighted by molar-refractivity contribution is 0.0953. The van der Waals surface area contributed by atoms with Crippen LogP contribution in [0.4, 0.5) is 0 Å². The van der Waals surface area contributed by atoms with Crippen molar-refractivity contribution in [2.24, 2.45) is 0 Å². The summed E-state index contributed by atoms with van der Waals surface area (Å²) in [6.45, 7) is 0.221. The third-order valence-electron chi connectivity index (χ3n) is 4.14. The highest BCUT2D eigenvalue weighted by molar-refractivity contribution is 6.02. The van der Waals surface area contributed by atoms with Gasteiger partial charge in [-0.1, -0.05) is 6.07 Å². The summed E-state index contributed by atoms with van der Waals surface area (Å²) in [6.07, 6.45) is -0.761. The zero-order valence-corrected chi connectivity index (χ0v) is 13.3. The van der Waals surface area contributed by atoms with Crippen molar-refractivity contribution < 1.29 is 28.5 Å². The molecule has 124 valence electrons. The molecule has 2 aromatic carbocycles. The molecule has 2 aliphatic rings. The Morgan fingerprint density at radius 2 is 1.79 bits per heavy atom. The molecule has 0 radical (unpaired) electrons. The average Bonchev–Trinajstić information content (AvgIpc) is 3.29. The maximum atomic E-state index is 12.6. The Kier molecular flexibility index (Phi) is 3.54. The maximum absolute atomic E-state index is 12.6. The normalized spacial score (nSPS) is 20.6. The molecule has 0 N–H and O–H groups in total. The molecule has 0 saturated carbocycles. The number of ketones is 1. The molecule has 4 rings (SSSR count). The number of methoxy groups -OCH3 is 2. The minimum atomic E-state index is -0.497. The van der Waals surface area contributed by atoms with Gasteiger partial charge in [0.2, 0.25) is 6.79 Å². The van der Waals surface area contributed by atoms with Gasteiger partial charge in [-0.15, -0.1) is 0 Å². The van der Waals surface area contributed by atoms with Crippen LogP contribution in [-0.4, -0.2) is 32.9 Å². The third-order valence-corrected chi connectivity index (χ3v) is 4.14. The van der Waals surface area contributed by atoms with Gasteiger partial charge >= 0.3 is 0 Å². The van der Waals surface area contributed by atoms with E-state index in [1.165, 1.54) is 7.11 Å². The lowest BCUT2D eigenvalue weighted by Gasteiger charge is -2.08. The molecule has 6 nitrogen and oxygen atoms in total. The van der Waals surface area contributed by atoms with E-state index in [9.17, 15) is 4.79 Å². The predicted molar refractivity (Wildman–Crippen MR) is 84.1 cm³/mol. The van der Waals surface area contributed by atoms with E-state index in [2.05, 4.69) is 0 Å². The summed E-state index contributed by atoms with van der Waals surface area (Å²) in [5.74, 6) is 2.41. The molecule has 0 amide bonds. The minimum Gasteiger partial charge on any atom is -0.493 e. The molecular formula is C18H16O6. The fourth-order valence-electron chi connectivity index (χ4n) is 2.81. The van der Waals surface area contributed by atoms with E-state index < -0.39 is 6.10 Å². The van der Waals surface area contributed by atoms with Crippen molar-refractivity contribution in [2.45, 2.75) is 12.2 Å². The van der Waals surface area contributed by atoms with Gasteiger partial charge in [-0.25, -0.2) is 0 Å². The Labute approximate surface area is 138 Å². The van der Waals surface area contributed by atoms with Gasteiger partial charge in [0.05, 0.1) is 14.2 Å². The van der Waals surface area contributed by atoms with Crippen molar-refractivity contribution in [3.05, 3.63) is 47.5 Å². The van der Waals surface area contributed by atoms with E-state index in [-0.39, 0.29) is 18.7 Å². The fraction of sp³-hybridized carbons (Fsp3) is 0.278. The van der Waals surface area contributed by atoms with Crippen LogP contribution in [0.5, 0.6) is 23.0 Å². The second kappa shape index (κ2) is 5.72. The van der Waals surface area contributed by atoms with Crippen LogP contribution in [0.25, 0.3) is 0 Å². The van der Waals surface area contributed by atoms with Gasteiger partial charge in [-0.05, 0) is 35.9 Å². The number of carbonyl (C=O) groups excluding carboxylic acids is 1. The monoisotopic (exact) mass is 328 g/mol. The Bertz CT molecular complexity index is 800. The molecule has 2 atom stereocenters. The number of carbonyl (C=O) groups is 1. The zero-order valence-electron chi connectivity index (χ0n) is 13.3. The highest BCUT2D eigenvalue weighted by atomic mass is 16.7. The standard InChI is InChI=1S/C18H16O6/c1-20-12-5-3-10(7-14(12)21-2)16(19)18-17(24-18)11-4-6-13-15(8-11)23-9-22-13/h3-8,17-18H,9H2,1-2H3. The third kappa shape index (κ3) is 2.45. The molecular weight excluding hydrogens is 312 g/mol. The second-order valence-corrected chi connectivity index (χ2v) is 5.52. The number of Topliss-reactive ketones (excluding diaryl/α,β-unsaturated/α-hetero) is 1. The van der Waals surface area contributed by atoms with Crippen molar-refractivity contribution in [1.29, 1.82) is 0 Å². The van der Waals surface area contributed by atoms with E-state index in [1.54, 1.807) is 25.3 Å². The van der Waals surface area contributed by atoms with Crippen LogP contribution in [0.15, 0.2) is 36.4 Å². The van der Waals surface area contributed by atoms with Crippen LogP contribution in [0.1, 0.15) is 22.0 Å². The topological polar surface area (TPSA) is 66.5 Å². The summed E-state index contributed by atoms with van der Waals surface area (Å²) in [5, 5.41) is 0. The molecule has 1 saturated heterocycles. The number of benzene rings is 2. The average molecular weight is 328 g/mol. The van der Waals surface area contributed by atoms with Crippen molar-refractivity contribution in [3.63, 3.8) is 0 Å². The second-order valence-electron chi connectivity index (χ2n) is 5.52. The van der Waals surface area contributed by atoms with Gasteiger partial charge in [-0.2, -0.15) is 0 Å². The molecule has 2 aromatic rings. The van der Waals surface area contributed by atoms with E-state index in [1.807, 2.05) is 18.2 Å². The molecule has 0 aliphatic carbocycles. The van der Waals surface area contributed by atoms with Crippen LogP contribution < -0.4 is 18.9 Å². The molecule has 2 unspecified atom stereocenters. The number of hydrogen-bond donors (Lipinski definition) is 0. The van der Waals surface area contributed by atoms with E-state index in [0.29, 0.717) is 28.6 Å². The zero-order chi connectivity index (χ0) is 16.7. The summed E-state index contributed by atoms with van der Waals surface area (Å²) in [7, 11) is 3.09. The first-order chi connectivity index (χ1) is 11.7. The highest BCUT2D eigenvalue weighted by Gasteiger charge is 2.46. The summed E-state index contributed by atoms with van der Waals surface area (Å²) >= 11 is 0. The first kappa shape index (κ1) is 14.8. The Morgan fingerprint density at radius 3 is 2.58 bits per heavy atom. The van der Waals surface area contributed by atoms with E-state index >= 15 is 0 Å². The van der Waals surface area contributed by atoms with Crippen LogP contribution in [-0.2, 0) is 4.74 Å². The molecule has 24 heavy (non-hydrogen) atoms. The Morgan fingerprint density at radius 1 is 1.00 bits per heavy atom. The highest BCUT2D eigenvalue weighted by Crippen LogP contribution is 2.44. The number of rotatable bonds is 5. The molecule has 1 fully saturated rings. The van der Waals surface area contributed by atoms with Crippen LogP contribution in [0.3, 0.4) is 0 Å². The van der Waals surface area contributed by atoms with Crippen LogP contribution in [0.2, 0.25) is 0 Å². The molecule has 0 bridgehead atoms. The van der Waals surface area contributed by atoms with Crippen molar-refractivity contribution >= 4 is 5.78 Å². The molecule has 2 heterocycles. The van der Waals surface area contributed by atoms with E-state index in [4.69, 9.17) is 23.7 Å². The summed E-state index contributed by atoms with van der Waals surface area (Å²) in [5.41, 5.74) is 1.43. The fourth-order valence-corrected chi connectivity index (χ4v) is 2.81. The van der Waals surface area contributed by atoms with Gasteiger partial charge in [-0.3, -0.25) is 4.79 Å². The maximum Gasteiger partial charge on any atom is 0.231 e. The quantitative estimate of drug-likeness (QED) is 0.621. The number of ether oxygens (including phenoxy) is 5. The van der Waals surface area contributed by atoms with Gasteiger partial charge < -0.3 is 23.7 Å². The smallest absolute Gasteiger partial charge is 0.231 e. The summed E-state index contributed by atoms with van der Waals surface area (Å²) < 4.78 is 26.7. The van der Waals surface area contributed by atoms with Crippen molar-refractivity contribution in [2.75, 3.05) is 21.0 Å². The van der Waals surface area contributed by atoms with Gasteiger partial charge in [0, 0.05) is 5.56 Å². The molecule has 0 aromatic heterocycles. The Hall–Kier alpha value is -2.73. The lowest BCUT2D eigenvalue weighted by Crippen LogP contribution is -2.08. The number of epoxide rings is 1. The van der Waals surface area contributed by atoms with Gasteiger partial charge in [0.25, 0.3) is 0 Å². The van der Waals surface area contributed by atoms with Crippen LogP contribution >= 0.6 is 0 Å². The number of hydrogen-bond acceptors (Lipinski definition) is 6. The lowest BCUT2D eigenvalue weighted by atomic mass is 10.0. The molecule has 0 spiro atoms. The first-order valence-electron chi connectivity index (χ1n) is 7.52. The van der Waals surface area contributed by atoms with Crippen molar-refractivity contribution in [1.82, 2.24) is 0 Å². The SMILES string of the molecule is COc1ccc(C(=O)C2OC2c2ccc3c(c2)OCO3)cc1OC. The van der Waals surface area contributed by atoms with Gasteiger partial charge in [0.1, 0.15) is 6.10 Å². The number of fused-ring (bicyclic) bond motifs is 1.